The van der Waals surface area contributed by atoms with Crippen LogP contribution in [0, 0.1) is 29.6 Å². The van der Waals surface area contributed by atoms with E-state index < -0.39 is 0 Å². The summed E-state index contributed by atoms with van der Waals surface area (Å²) in [6.45, 7) is 3.82. The molecular formula is C14H20O2. The Bertz CT molecular complexity index is 332. The molecule has 88 valence electrons. The molecular weight excluding hydrogens is 200 g/mol. The van der Waals surface area contributed by atoms with Gasteiger partial charge in [0.15, 0.2) is 0 Å². The first-order valence-electron chi connectivity index (χ1n) is 6.54. The topological polar surface area (TPSA) is 26.3 Å². The number of hydrogen-bond acceptors (Lipinski definition) is 2. The van der Waals surface area contributed by atoms with Gasteiger partial charge in [-0.25, -0.2) is 0 Å². The Kier molecular flexibility index (Phi) is 2.34. The number of carbonyl (C=O) groups is 1. The molecule has 0 unspecified atom stereocenters. The minimum atomic E-state index is -0.0138. The van der Waals surface area contributed by atoms with E-state index in [4.69, 9.17) is 4.74 Å². The van der Waals surface area contributed by atoms with Gasteiger partial charge >= 0.3 is 5.97 Å². The molecule has 3 aliphatic carbocycles. The minimum Gasteiger partial charge on any atom is -0.462 e. The van der Waals surface area contributed by atoms with Crippen LogP contribution in [-0.4, -0.2) is 12.1 Å². The van der Waals surface area contributed by atoms with E-state index in [1.165, 1.54) is 12.8 Å². The highest BCUT2D eigenvalue weighted by molar-refractivity contribution is 5.71. The van der Waals surface area contributed by atoms with E-state index in [-0.39, 0.29) is 18.0 Å². The van der Waals surface area contributed by atoms with E-state index in [9.17, 15) is 4.79 Å². The number of rotatable bonds is 2. The van der Waals surface area contributed by atoms with Crippen molar-refractivity contribution >= 4 is 5.97 Å². The molecule has 0 amide bonds. The Labute approximate surface area is 97.1 Å². The number of allylic oxidation sites excluding steroid dienone is 2. The lowest BCUT2D eigenvalue weighted by Crippen LogP contribution is -2.33. The molecule has 0 aromatic rings. The van der Waals surface area contributed by atoms with Crippen molar-refractivity contribution in [2.45, 2.75) is 39.2 Å². The molecule has 0 heterocycles. The average molecular weight is 220 g/mol. The van der Waals surface area contributed by atoms with Crippen LogP contribution in [0.5, 0.6) is 0 Å². The summed E-state index contributed by atoms with van der Waals surface area (Å²) in [6.07, 6.45) is 8.55. The van der Waals surface area contributed by atoms with E-state index in [2.05, 4.69) is 12.2 Å². The lowest BCUT2D eigenvalue weighted by Gasteiger charge is -2.31. The van der Waals surface area contributed by atoms with Gasteiger partial charge in [-0.05, 0) is 42.9 Å². The quantitative estimate of drug-likeness (QED) is 0.528. The van der Waals surface area contributed by atoms with E-state index in [0.717, 1.165) is 24.2 Å². The fraction of sp³-hybridized carbons (Fsp3) is 0.786. The summed E-state index contributed by atoms with van der Waals surface area (Å²) in [5.74, 6) is 3.02. The molecule has 2 nitrogen and oxygen atoms in total. The van der Waals surface area contributed by atoms with Gasteiger partial charge in [-0.2, -0.15) is 0 Å². The van der Waals surface area contributed by atoms with Gasteiger partial charge in [-0.15, -0.1) is 0 Å². The second-order valence-corrected chi connectivity index (χ2v) is 5.93. The maximum atomic E-state index is 11.6. The molecule has 2 saturated carbocycles. The van der Waals surface area contributed by atoms with Gasteiger partial charge in [-0.3, -0.25) is 4.79 Å². The Hall–Kier alpha value is -0.790. The Morgan fingerprint density at radius 2 is 2.12 bits per heavy atom. The molecule has 3 aliphatic rings. The number of carbonyl (C=O) groups excluding carboxylic acids is 1. The van der Waals surface area contributed by atoms with Gasteiger partial charge in [0.05, 0.1) is 5.92 Å². The number of fused-ring (bicyclic) bond motifs is 5. The van der Waals surface area contributed by atoms with Gasteiger partial charge in [0.1, 0.15) is 6.10 Å². The molecule has 2 fully saturated rings. The van der Waals surface area contributed by atoms with Crippen molar-refractivity contribution in [3.63, 3.8) is 0 Å². The molecule has 16 heavy (non-hydrogen) atoms. The van der Waals surface area contributed by atoms with Crippen molar-refractivity contribution < 1.29 is 9.53 Å². The zero-order chi connectivity index (χ0) is 11.3. The van der Waals surface area contributed by atoms with Crippen LogP contribution in [0.25, 0.3) is 0 Å². The smallest absolute Gasteiger partial charge is 0.308 e. The highest BCUT2D eigenvalue weighted by Gasteiger charge is 2.53. The lowest BCUT2D eigenvalue weighted by molar-refractivity contribution is -0.156. The molecule has 0 spiro atoms. The number of hydrogen-bond donors (Lipinski definition) is 0. The number of esters is 1. The van der Waals surface area contributed by atoms with Crippen molar-refractivity contribution in [3.8, 4) is 0 Å². The maximum Gasteiger partial charge on any atom is 0.308 e. The molecule has 3 rings (SSSR count). The summed E-state index contributed by atoms with van der Waals surface area (Å²) < 4.78 is 5.65. The predicted octanol–water partition coefficient (Wildman–Crippen LogP) is 2.79. The normalized spacial score (nSPS) is 44.1. The van der Waals surface area contributed by atoms with Crippen molar-refractivity contribution in [2.24, 2.45) is 29.6 Å². The second-order valence-electron chi connectivity index (χ2n) is 5.93. The molecule has 2 heteroatoms. The van der Waals surface area contributed by atoms with Gasteiger partial charge in [0.2, 0.25) is 0 Å². The SMILES string of the molecule is CC(C)C(=O)O[C@H]1C[C@H]2C[C@H]1[C@H]1CC=C[C@@H]21. The molecule has 0 aliphatic heterocycles. The fourth-order valence-electron chi connectivity index (χ4n) is 3.92. The Morgan fingerprint density at radius 3 is 2.88 bits per heavy atom. The predicted molar refractivity (Wildman–Crippen MR) is 61.7 cm³/mol. The minimum absolute atomic E-state index is 0.0108. The first-order chi connectivity index (χ1) is 7.66. The van der Waals surface area contributed by atoms with Crippen LogP contribution in [0.15, 0.2) is 12.2 Å². The maximum absolute atomic E-state index is 11.6. The third-order valence-corrected chi connectivity index (χ3v) is 4.68. The molecule has 0 saturated heterocycles. The fourth-order valence-corrected chi connectivity index (χ4v) is 3.92. The standard InChI is InChI=1S/C14H20O2/c1-8(2)14(15)16-13-7-9-6-12(13)11-5-3-4-10(9)11/h3-4,8-13H,5-7H2,1-2H3/t9-,10+,11+,12+,13+/m1/s1. The van der Waals surface area contributed by atoms with Crippen LogP contribution >= 0.6 is 0 Å². The van der Waals surface area contributed by atoms with Crippen molar-refractivity contribution in [2.75, 3.05) is 0 Å². The van der Waals surface area contributed by atoms with E-state index in [1.54, 1.807) is 0 Å². The van der Waals surface area contributed by atoms with Crippen LogP contribution in [0.4, 0.5) is 0 Å². The molecule has 0 aromatic heterocycles. The van der Waals surface area contributed by atoms with E-state index in [1.807, 2.05) is 13.8 Å². The van der Waals surface area contributed by atoms with Crippen molar-refractivity contribution in [1.82, 2.24) is 0 Å². The highest BCUT2D eigenvalue weighted by Crippen LogP contribution is 2.57. The summed E-state index contributed by atoms with van der Waals surface area (Å²) in [5.41, 5.74) is 0. The van der Waals surface area contributed by atoms with Gasteiger partial charge in [-0.1, -0.05) is 26.0 Å². The highest BCUT2D eigenvalue weighted by atomic mass is 16.5. The Balaban J connectivity index is 1.67. The Morgan fingerprint density at radius 1 is 1.31 bits per heavy atom. The van der Waals surface area contributed by atoms with Crippen molar-refractivity contribution in [1.29, 1.82) is 0 Å². The number of ether oxygens (including phenoxy) is 1. The zero-order valence-electron chi connectivity index (χ0n) is 10.1. The van der Waals surface area contributed by atoms with Crippen molar-refractivity contribution in [3.05, 3.63) is 12.2 Å². The first-order valence-corrected chi connectivity index (χ1v) is 6.54. The third-order valence-electron chi connectivity index (χ3n) is 4.68. The lowest BCUT2D eigenvalue weighted by atomic mass is 9.80. The second kappa shape index (κ2) is 3.61. The van der Waals surface area contributed by atoms with Gasteiger partial charge < -0.3 is 4.74 Å². The summed E-state index contributed by atoms with van der Waals surface area (Å²) in [5, 5.41) is 0. The first kappa shape index (κ1) is 10.4. The van der Waals surface area contributed by atoms with Crippen LogP contribution in [-0.2, 0) is 9.53 Å². The third kappa shape index (κ3) is 1.42. The van der Waals surface area contributed by atoms with E-state index >= 15 is 0 Å². The summed E-state index contributed by atoms with van der Waals surface area (Å²) in [4.78, 5) is 11.6. The van der Waals surface area contributed by atoms with Gasteiger partial charge in [0.25, 0.3) is 0 Å². The van der Waals surface area contributed by atoms with E-state index in [0.29, 0.717) is 5.92 Å². The van der Waals surface area contributed by atoms with Crippen LogP contribution in [0.3, 0.4) is 0 Å². The molecule has 0 N–H and O–H groups in total. The summed E-state index contributed by atoms with van der Waals surface area (Å²) >= 11 is 0. The molecule has 0 radical (unpaired) electrons. The molecule has 2 bridgehead atoms. The monoisotopic (exact) mass is 220 g/mol. The van der Waals surface area contributed by atoms with Crippen LogP contribution in [0.1, 0.15) is 33.1 Å². The zero-order valence-corrected chi connectivity index (χ0v) is 10.1. The molecule has 5 atom stereocenters. The summed E-state index contributed by atoms with van der Waals surface area (Å²) in [6, 6.07) is 0. The largest absolute Gasteiger partial charge is 0.462 e. The average Bonchev–Trinajstić information content (AvgIpc) is 2.87. The van der Waals surface area contributed by atoms with Crippen LogP contribution in [0.2, 0.25) is 0 Å². The van der Waals surface area contributed by atoms with Crippen LogP contribution < -0.4 is 0 Å². The summed E-state index contributed by atoms with van der Waals surface area (Å²) in [7, 11) is 0. The van der Waals surface area contributed by atoms with Gasteiger partial charge in [0, 0.05) is 0 Å². The molecule has 0 aromatic carbocycles.